The Balaban J connectivity index is 1.73. The van der Waals surface area contributed by atoms with Gasteiger partial charge in [0.1, 0.15) is 0 Å². The molecule has 0 saturated heterocycles. The molecule has 0 amide bonds. The zero-order chi connectivity index (χ0) is 18.8. The molecule has 0 spiro atoms. The molecule has 1 aliphatic rings. The minimum atomic E-state index is 0.545. The maximum atomic E-state index is 5.05. The van der Waals surface area contributed by atoms with Crippen LogP contribution in [0.5, 0.6) is 0 Å². The highest BCUT2D eigenvalue weighted by Crippen LogP contribution is 2.29. The molecule has 0 aromatic heterocycles. The van der Waals surface area contributed by atoms with Crippen molar-refractivity contribution in [1.82, 2.24) is 10.6 Å². The standard InChI is InChI=1S/C21H36N4O/c1-16(2)18-7-11-20(12-8-18)25-21(22-3)24-15-17-5-9-19(10-6-17)23-13-14-26-4/h5-6,9-10,16,18,20,23H,7-8,11-15H2,1-4H3,(H2,22,24,25). The molecule has 1 aromatic carbocycles. The second-order valence-electron chi connectivity index (χ2n) is 7.54. The predicted octanol–water partition coefficient (Wildman–Crippen LogP) is 3.62. The van der Waals surface area contributed by atoms with E-state index in [0.717, 1.165) is 36.6 Å². The van der Waals surface area contributed by atoms with Gasteiger partial charge in [0, 0.05) is 39.0 Å². The highest BCUT2D eigenvalue weighted by Gasteiger charge is 2.23. The molecule has 0 unspecified atom stereocenters. The van der Waals surface area contributed by atoms with Gasteiger partial charge < -0.3 is 20.7 Å². The van der Waals surface area contributed by atoms with Gasteiger partial charge in [-0.25, -0.2) is 0 Å². The van der Waals surface area contributed by atoms with E-state index in [2.05, 4.69) is 59.1 Å². The van der Waals surface area contributed by atoms with Gasteiger partial charge in [0.25, 0.3) is 0 Å². The van der Waals surface area contributed by atoms with E-state index in [1.165, 1.54) is 31.2 Å². The van der Waals surface area contributed by atoms with Crippen molar-refractivity contribution in [2.24, 2.45) is 16.8 Å². The number of aliphatic imine (C=N–C) groups is 1. The van der Waals surface area contributed by atoms with E-state index >= 15 is 0 Å². The van der Waals surface area contributed by atoms with Crippen LogP contribution in [-0.2, 0) is 11.3 Å². The van der Waals surface area contributed by atoms with E-state index in [0.29, 0.717) is 12.6 Å². The topological polar surface area (TPSA) is 57.7 Å². The van der Waals surface area contributed by atoms with Crippen molar-refractivity contribution in [3.8, 4) is 0 Å². The maximum absolute atomic E-state index is 5.05. The number of nitrogens with one attached hydrogen (secondary N) is 3. The Labute approximate surface area is 159 Å². The molecule has 1 saturated carbocycles. The first kappa shape index (κ1) is 20.6. The minimum absolute atomic E-state index is 0.545. The second kappa shape index (κ2) is 11.1. The maximum Gasteiger partial charge on any atom is 0.191 e. The third-order valence-corrected chi connectivity index (χ3v) is 5.33. The summed E-state index contributed by atoms with van der Waals surface area (Å²) in [5.41, 5.74) is 2.36. The molecule has 1 aliphatic carbocycles. The molecule has 5 heteroatoms. The van der Waals surface area contributed by atoms with Gasteiger partial charge in [-0.15, -0.1) is 0 Å². The van der Waals surface area contributed by atoms with Gasteiger partial charge >= 0.3 is 0 Å². The van der Waals surface area contributed by atoms with E-state index in [1.54, 1.807) is 7.11 Å². The highest BCUT2D eigenvalue weighted by atomic mass is 16.5. The van der Waals surface area contributed by atoms with Crippen molar-refractivity contribution < 1.29 is 4.74 Å². The summed E-state index contributed by atoms with van der Waals surface area (Å²) in [6, 6.07) is 9.04. The van der Waals surface area contributed by atoms with E-state index in [-0.39, 0.29) is 0 Å². The van der Waals surface area contributed by atoms with Crippen LogP contribution in [0.4, 0.5) is 5.69 Å². The number of hydrogen-bond acceptors (Lipinski definition) is 3. The van der Waals surface area contributed by atoms with E-state index in [1.807, 2.05) is 7.05 Å². The van der Waals surface area contributed by atoms with Gasteiger partial charge in [-0.05, 0) is 55.2 Å². The lowest BCUT2D eigenvalue weighted by atomic mass is 9.80. The monoisotopic (exact) mass is 360 g/mol. The van der Waals surface area contributed by atoms with Gasteiger partial charge in [0.15, 0.2) is 5.96 Å². The zero-order valence-corrected chi connectivity index (χ0v) is 16.8. The molecule has 26 heavy (non-hydrogen) atoms. The fourth-order valence-corrected chi connectivity index (χ4v) is 3.54. The lowest BCUT2D eigenvalue weighted by molar-refractivity contribution is 0.211. The van der Waals surface area contributed by atoms with Crippen LogP contribution in [0.1, 0.15) is 45.1 Å². The Morgan fingerprint density at radius 1 is 1.15 bits per heavy atom. The van der Waals surface area contributed by atoms with Crippen molar-refractivity contribution in [3.63, 3.8) is 0 Å². The van der Waals surface area contributed by atoms with Crippen LogP contribution < -0.4 is 16.0 Å². The van der Waals surface area contributed by atoms with E-state index in [4.69, 9.17) is 4.74 Å². The molecule has 3 N–H and O–H groups in total. The van der Waals surface area contributed by atoms with Crippen LogP contribution in [0.25, 0.3) is 0 Å². The molecule has 146 valence electrons. The lowest BCUT2D eigenvalue weighted by Crippen LogP contribution is -2.44. The molecular formula is C21H36N4O. The third kappa shape index (κ3) is 6.87. The number of rotatable bonds is 8. The molecule has 1 fully saturated rings. The van der Waals surface area contributed by atoms with Crippen LogP contribution in [0.2, 0.25) is 0 Å². The average Bonchev–Trinajstić information content (AvgIpc) is 2.66. The number of anilines is 1. The molecule has 0 radical (unpaired) electrons. The Hall–Kier alpha value is -1.75. The summed E-state index contributed by atoms with van der Waals surface area (Å²) in [7, 11) is 3.56. The van der Waals surface area contributed by atoms with Crippen molar-refractivity contribution in [1.29, 1.82) is 0 Å². The fourth-order valence-electron chi connectivity index (χ4n) is 3.54. The molecular weight excluding hydrogens is 324 g/mol. The van der Waals surface area contributed by atoms with Crippen molar-refractivity contribution in [3.05, 3.63) is 29.8 Å². The van der Waals surface area contributed by atoms with Crippen LogP contribution in [0, 0.1) is 11.8 Å². The van der Waals surface area contributed by atoms with Gasteiger partial charge in [0.05, 0.1) is 6.61 Å². The van der Waals surface area contributed by atoms with Gasteiger partial charge in [-0.3, -0.25) is 4.99 Å². The van der Waals surface area contributed by atoms with Crippen LogP contribution in [0.15, 0.2) is 29.3 Å². The largest absolute Gasteiger partial charge is 0.383 e. The number of benzene rings is 1. The number of ether oxygens (including phenoxy) is 1. The molecule has 2 rings (SSSR count). The smallest absolute Gasteiger partial charge is 0.191 e. The molecule has 0 bridgehead atoms. The van der Waals surface area contributed by atoms with Crippen molar-refractivity contribution >= 4 is 11.6 Å². The fraction of sp³-hybridized carbons (Fsp3) is 0.667. The number of guanidine groups is 1. The van der Waals surface area contributed by atoms with Gasteiger partial charge in [0.2, 0.25) is 0 Å². The van der Waals surface area contributed by atoms with E-state index in [9.17, 15) is 0 Å². The van der Waals surface area contributed by atoms with E-state index < -0.39 is 0 Å². The summed E-state index contributed by atoms with van der Waals surface area (Å²) in [6.07, 6.45) is 5.13. The molecule has 0 aliphatic heterocycles. The number of nitrogens with zero attached hydrogens (tertiary/aromatic N) is 1. The van der Waals surface area contributed by atoms with Crippen LogP contribution >= 0.6 is 0 Å². The summed E-state index contributed by atoms with van der Waals surface area (Å²) in [5, 5.41) is 10.4. The van der Waals surface area contributed by atoms with Gasteiger partial charge in [-0.2, -0.15) is 0 Å². The van der Waals surface area contributed by atoms with Crippen molar-refractivity contribution in [2.45, 2.75) is 52.1 Å². The predicted molar refractivity (Wildman–Crippen MR) is 111 cm³/mol. The van der Waals surface area contributed by atoms with Gasteiger partial charge in [-0.1, -0.05) is 26.0 Å². The number of hydrogen-bond donors (Lipinski definition) is 3. The Morgan fingerprint density at radius 2 is 1.85 bits per heavy atom. The quantitative estimate of drug-likeness (QED) is 0.376. The molecule has 5 nitrogen and oxygen atoms in total. The Kier molecular flexibility index (Phi) is 8.75. The Morgan fingerprint density at radius 3 is 2.42 bits per heavy atom. The normalized spacial score (nSPS) is 20.9. The van der Waals surface area contributed by atoms with Crippen LogP contribution in [0.3, 0.4) is 0 Å². The molecule has 0 heterocycles. The summed E-state index contributed by atoms with van der Waals surface area (Å²) >= 11 is 0. The summed E-state index contributed by atoms with van der Waals surface area (Å²) in [4.78, 5) is 4.39. The first-order chi connectivity index (χ1) is 12.6. The molecule has 0 atom stereocenters. The second-order valence-corrected chi connectivity index (χ2v) is 7.54. The van der Waals surface area contributed by atoms with Crippen LogP contribution in [-0.4, -0.2) is 39.3 Å². The zero-order valence-electron chi connectivity index (χ0n) is 16.8. The Bertz CT molecular complexity index is 533. The average molecular weight is 361 g/mol. The molecule has 1 aromatic rings. The first-order valence-corrected chi connectivity index (χ1v) is 9.91. The third-order valence-electron chi connectivity index (χ3n) is 5.33. The minimum Gasteiger partial charge on any atom is -0.383 e. The summed E-state index contributed by atoms with van der Waals surface area (Å²) in [6.45, 7) is 7.00. The lowest BCUT2D eigenvalue weighted by Gasteiger charge is -2.32. The summed E-state index contributed by atoms with van der Waals surface area (Å²) < 4.78 is 5.05. The van der Waals surface area contributed by atoms with Crippen molar-refractivity contribution in [2.75, 3.05) is 32.6 Å². The summed E-state index contributed by atoms with van der Waals surface area (Å²) in [5.74, 6) is 2.60. The SMILES string of the molecule is CN=C(NCc1ccc(NCCOC)cc1)NC1CCC(C(C)C)CC1. The number of methoxy groups -OCH3 is 1. The first-order valence-electron chi connectivity index (χ1n) is 9.91. The highest BCUT2D eigenvalue weighted by molar-refractivity contribution is 5.79.